The highest BCUT2D eigenvalue weighted by molar-refractivity contribution is 5.56. The van der Waals surface area contributed by atoms with Crippen molar-refractivity contribution in [3.05, 3.63) is 70.9 Å². The first kappa shape index (κ1) is 25.3. The lowest BCUT2D eigenvalue weighted by Gasteiger charge is -2.37. The van der Waals surface area contributed by atoms with Gasteiger partial charge < -0.3 is 14.9 Å². The zero-order valence-corrected chi connectivity index (χ0v) is 22.0. The molecule has 188 valence electrons. The highest BCUT2D eigenvalue weighted by Gasteiger charge is 2.28. The third-order valence-corrected chi connectivity index (χ3v) is 7.19. The Morgan fingerprint density at radius 1 is 0.971 bits per heavy atom. The van der Waals surface area contributed by atoms with Gasteiger partial charge in [0.05, 0.1) is 11.4 Å². The van der Waals surface area contributed by atoms with Crippen LogP contribution < -0.4 is 4.90 Å². The molecular formula is C29H41N5O. The summed E-state index contributed by atoms with van der Waals surface area (Å²) >= 11 is 0. The van der Waals surface area contributed by atoms with Crippen molar-refractivity contribution in [1.82, 2.24) is 19.6 Å². The number of hydrogen-bond donors (Lipinski definition) is 1. The maximum Gasteiger partial charge on any atom is 0.137 e. The summed E-state index contributed by atoms with van der Waals surface area (Å²) in [6.07, 6.45) is 0.888. The second kappa shape index (κ2) is 11.3. The molecule has 0 bridgehead atoms. The van der Waals surface area contributed by atoms with E-state index in [0.29, 0.717) is 18.3 Å². The van der Waals surface area contributed by atoms with Crippen LogP contribution in [0.25, 0.3) is 5.69 Å². The molecular weight excluding hydrogens is 434 g/mol. The molecule has 6 heteroatoms. The molecule has 0 spiro atoms. The van der Waals surface area contributed by atoms with Gasteiger partial charge in [-0.15, -0.1) is 0 Å². The van der Waals surface area contributed by atoms with Gasteiger partial charge in [0.2, 0.25) is 0 Å². The monoisotopic (exact) mass is 475 g/mol. The lowest BCUT2D eigenvalue weighted by Crippen LogP contribution is -2.47. The van der Waals surface area contributed by atoms with Crippen molar-refractivity contribution in [2.45, 2.75) is 60.2 Å². The average Bonchev–Trinajstić information content (AvgIpc) is 3.24. The fourth-order valence-electron chi connectivity index (χ4n) is 4.97. The van der Waals surface area contributed by atoms with E-state index in [2.05, 4.69) is 90.4 Å². The van der Waals surface area contributed by atoms with E-state index in [1.165, 1.54) is 16.9 Å². The number of para-hydroxylation sites is 1. The summed E-state index contributed by atoms with van der Waals surface area (Å²) in [6, 6.07) is 16.7. The van der Waals surface area contributed by atoms with Crippen LogP contribution in [-0.2, 0) is 19.5 Å². The molecule has 0 unspecified atom stereocenters. The molecule has 1 aliphatic heterocycles. The second-order valence-electron chi connectivity index (χ2n) is 9.90. The van der Waals surface area contributed by atoms with E-state index in [4.69, 9.17) is 5.10 Å². The number of rotatable bonds is 9. The Morgan fingerprint density at radius 2 is 1.69 bits per heavy atom. The Morgan fingerprint density at radius 3 is 2.31 bits per heavy atom. The topological polar surface area (TPSA) is 47.8 Å². The maximum absolute atomic E-state index is 10.5. The van der Waals surface area contributed by atoms with Crippen LogP contribution in [0.3, 0.4) is 0 Å². The van der Waals surface area contributed by atoms with Gasteiger partial charge in [-0.3, -0.25) is 4.90 Å². The molecule has 2 heterocycles. The minimum atomic E-state index is 0.324. The number of benzene rings is 2. The van der Waals surface area contributed by atoms with E-state index in [1.54, 1.807) is 0 Å². The quantitative estimate of drug-likeness (QED) is 0.472. The number of phenolic OH excluding ortho intramolecular Hbond substituents is 1. The van der Waals surface area contributed by atoms with E-state index >= 15 is 0 Å². The van der Waals surface area contributed by atoms with Gasteiger partial charge in [-0.05, 0) is 51.9 Å². The molecule has 0 amide bonds. The number of aromatic nitrogens is 2. The van der Waals surface area contributed by atoms with Gasteiger partial charge in [-0.1, -0.05) is 49.7 Å². The average molecular weight is 476 g/mol. The van der Waals surface area contributed by atoms with Crippen LogP contribution in [-0.4, -0.2) is 63.5 Å². The zero-order chi connectivity index (χ0) is 24.9. The first-order chi connectivity index (χ1) is 16.9. The van der Waals surface area contributed by atoms with Gasteiger partial charge in [-0.2, -0.15) is 5.10 Å². The van der Waals surface area contributed by atoms with Crippen LogP contribution in [0, 0.1) is 6.92 Å². The highest BCUT2D eigenvalue weighted by atomic mass is 16.3. The summed E-state index contributed by atoms with van der Waals surface area (Å²) in [5.74, 6) is 1.59. The number of aromatic hydroxyl groups is 1. The van der Waals surface area contributed by atoms with Gasteiger partial charge in [0.1, 0.15) is 11.6 Å². The highest BCUT2D eigenvalue weighted by Crippen LogP contribution is 2.32. The third kappa shape index (κ3) is 5.71. The smallest absolute Gasteiger partial charge is 0.137 e. The normalized spacial score (nSPS) is 14.9. The first-order valence-electron chi connectivity index (χ1n) is 13.1. The van der Waals surface area contributed by atoms with Crippen molar-refractivity contribution < 1.29 is 5.11 Å². The van der Waals surface area contributed by atoms with Crippen molar-refractivity contribution in [3.8, 4) is 11.4 Å². The molecule has 0 aliphatic carbocycles. The summed E-state index contributed by atoms with van der Waals surface area (Å²) in [5.41, 5.74) is 5.71. The summed E-state index contributed by atoms with van der Waals surface area (Å²) in [4.78, 5) is 7.50. The molecule has 2 aromatic carbocycles. The predicted octanol–water partition coefficient (Wildman–Crippen LogP) is 5.00. The number of piperazine rings is 1. The fourth-order valence-corrected chi connectivity index (χ4v) is 4.97. The number of hydrogen-bond acceptors (Lipinski definition) is 5. The number of aryl methyl sites for hydroxylation is 2. The molecule has 0 atom stereocenters. The van der Waals surface area contributed by atoms with Crippen molar-refractivity contribution in [2.75, 3.05) is 37.6 Å². The van der Waals surface area contributed by atoms with Crippen LogP contribution in [0.2, 0.25) is 0 Å². The van der Waals surface area contributed by atoms with Crippen LogP contribution in [0.15, 0.2) is 48.5 Å². The summed E-state index contributed by atoms with van der Waals surface area (Å²) in [6.45, 7) is 17.7. The van der Waals surface area contributed by atoms with E-state index in [0.717, 1.165) is 62.6 Å². The summed E-state index contributed by atoms with van der Waals surface area (Å²) in [7, 11) is 0. The molecule has 1 N–H and O–H groups in total. The molecule has 1 saturated heterocycles. The minimum absolute atomic E-state index is 0.324. The van der Waals surface area contributed by atoms with Crippen LogP contribution in [0.4, 0.5) is 5.82 Å². The lowest BCUT2D eigenvalue weighted by atomic mass is 10.1. The van der Waals surface area contributed by atoms with Crippen LogP contribution >= 0.6 is 0 Å². The second-order valence-corrected chi connectivity index (χ2v) is 9.90. The van der Waals surface area contributed by atoms with E-state index in [-0.39, 0.29) is 0 Å². The van der Waals surface area contributed by atoms with Crippen molar-refractivity contribution in [2.24, 2.45) is 0 Å². The maximum atomic E-state index is 10.5. The van der Waals surface area contributed by atoms with Gasteiger partial charge in [0.15, 0.2) is 0 Å². The Labute approximate surface area is 210 Å². The van der Waals surface area contributed by atoms with Crippen LogP contribution in [0.5, 0.6) is 5.75 Å². The molecule has 1 fully saturated rings. The lowest BCUT2D eigenvalue weighted by molar-refractivity contribution is 0.200. The molecule has 6 nitrogen and oxygen atoms in total. The third-order valence-electron chi connectivity index (χ3n) is 7.19. The SMILES string of the molecule is CCc1nn(-c2ccccc2)c(N2CCN(CC)CC2)c1CN(Cc1cc(C)ccc1O)C(C)C. The number of phenols is 1. The summed E-state index contributed by atoms with van der Waals surface area (Å²) in [5, 5.41) is 15.7. The molecule has 35 heavy (non-hydrogen) atoms. The van der Waals surface area contributed by atoms with Gasteiger partial charge in [0, 0.05) is 56.4 Å². The van der Waals surface area contributed by atoms with Gasteiger partial charge >= 0.3 is 0 Å². The fraction of sp³-hybridized carbons (Fsp3) is 0.483. The molecule has 1 aliphatic rings. The Balaban J connectivity index is 1.74. The van der Waals surface area contributed by atoms with Gasteiger partial charge in [0.25, 0.3) is 0 Å². The standard InChI is InChI=1S/C29H41N5O/c1-6-27-26(21-33(22(3)4)20-24-19-23(5)13-14-28(24)35)29(32-17-15-31(7-2)16-18-32)34(30-27)25-11-9-8-10-12-25/h8-14,19,22,35H,6-7,15-18,20-21H2,1-5H3. The van der Waals surface area contributed by atoms with E-state index in [1.807, 2.05) is 12.1 Å². The Hall–Kier alpha value is -2.83. The molecule has 4 rings (SSSR count). The number of likely N-dealkylation sites (N-methyl/N-ethyl adjacent to an activating group) is 1. The molecule has 0 saturated carbocycles. The van der Waals surface area contributed by atoms with Crippen molar-refractivity contribution in [1.29, 1.82) is 0 Å². The number of nitrogens with zero attached hydrogens (tertiary/aromatic N) is 5. The molecule has 0 radical (unpaired) electrons. The van der Waals surface area contributed by atoms with E-state index < -0.39 is 0 Å². The zero-order valence-electron chi connectivity index (χ0n) is 22.0. The van der Waals surface area contributed by atoms with Crippen LogP contribution in [0.1, 0.15) is 50.1 Å². The molecule has 3 aromatic rings. The minimum Gasteiger partial charge on any atom is -0.508 e. The van der Waals surface area contributed by atoms with E-state index in [9.17, 15) is 5.11 Å². The Kier molecular flexibility index (Phi) is 8.14. The van der Waals surface area contributed by atoms with Crippen molar-refractivity contribution in [3.63, 3.8) is 0 Å². The van der Waals surface area contributed by atoms with Gasteiger partial charge in [-0.25, -0.2) is 4.68 Å². The number of anilines is 1. The first-order valence-corrected chi connectivity index (χ1v) is 13.1. The predicted molar refractivity (Wildman–Crippen MR) is 144 cm³/mol. The van der Waals surface area contributed by atoms with Crippen molar-refractivity contribution >= 4 is 5.82 Å². The summed E-state index contributed by atoms with van der Waals surface area (Å²) < 4.78 is 2.17. The molecule has 1 aromatic heterocycles. The Bertz CT molecular complexity index is 1100. The largest absolute Gasteiger partial charge is 0.508 e.